The predicted octanol–water partition coefficient (Wildman–Crippen LogP) is 2.16. The smallest absolute Gasteiger partial charge is 0.306 e. The molecule has 1 aliphatic rings. The molecule has 106 valence electrons. The number of aliphatic carboxylic acids is 1. The maximum absolute atomic E-state index is 12.7. The second kappa shape index (κ2) is 6.32. The maximum atomic E-state index is 12.7. The number of rotatable bonds is 3. The Kier molecular flexibility index (Phi) is 4.50. The van der Waals surface area contributed by atoms with Crippen LogP contribution in [-0.4, -0.2) is 35.0 Å². The molecule has 1 saturated heterocycles. The highest BCUT2D eigenvalue weighted by Gasteiger charge is 2.25. The number of carboxylic acid groups (broad SMARTS) is 1. The van der Waals surface area contributed by atoms with Crippen LogP contribution in [0.25, 0.3) is 6.08 Å². The molecule has 5 heteroatoms. The second-order valence-corrected chi connectivity index (χ2v) is 4.82. The summed E-state index contributed by atoms with van der Waals surface area (Å²) in [4.78, 5) is 24.4. The minimum Gasteiger partial charge on any atom is -0.481 e. The summed E-state index contributed by atoms with van der Waals surface area (Å²) in [5.74, 6) is -1.60. The van der Waals surface area contributed by atoms with Gasteiger partial charge < -0.3 is 10.0 Å². The average molecular weight is 277 g/mol. The fourth-order valence-electron chi connectivity index (χ4n) is 2.19. The number of nitrogens with zero attached hydrogens (tertiary/aromatic N) is 1. The normalized spacial score (nSPS) is 16.6. The van der Waals surface area contributed by atoms with E-state index in [-0.39, 0.29) is 17.6 Å². The molecule has 0 aromatic heterocycles. The van der Waals surface area contributed by atoms with Crippen molar-refractivity contribution < 1.29 is 19.1 Å². The third-order valence-corrected chi connectivity index (χ3v) is 3.44. The molecule has 1 heterocycles. The van der Waals surface area contributed by atoms with Gasteiger partial charge in [-0.1, -0.05) is 12.1 Å². The Morgan fingerprint density at radius 2 is 1.80 bits per heavy atom. The zero-order valence-corrected chi connectivity index (χ0v) is 11.0. The molecular formula is C15H16FNO3. The number of halogens is 1. The largest absolute Gasteiger partial charge is 0.481 e. The van der Waals surface area contributed by atoms with Crippen molar-refractivity contribution in [3.63, 3.8) is 0 Å². The van der Waals surface area contributed by atoms with Gasteiger partial charge in [0.25, 0.3) is 0 Å². The van der Waals surface area contributed by atoms with Crippen molar-refractivity contribution in [2.75, 3.05) is 13.1 Å². The Hall–Kier alpha value is -2.17. The van der Waals surface area contributed by atoms with Crippen molar-refractivity contribution in [1.29, 1.82) is 0 Å². The average Bonchev–Trinajstić information content (AvgIpc) is 2.46. The first-order valence-corrected chi connectivity index (χ1v) is 6.51. The van der Waals surface area contributed by atoms with Crippen LogP contribution in [0.3, 0.4) is 0 Å². The summed E-state index contributed by atoms with van der Waals surface area (Å²) in [6.45, 7) is 0.924. The van der Waals surface area contributed by atoms with Crippen molar-refractivity contribution in [1.82, 2.24) is 4.90 Å². The van der Waals surface area contributed by atoms with Crippen LogP contribution in [0, 0.1) is 11.7 Å². The molecule has 1 aromatic carbocycles. The highest BCUT2D eigenvalue weighted by Crippen LogP contribution is 2.17. The molecule has 1 fully saturated rings. The molecule has 20 heavy (non-hydrogen) atoms. The third-order valence-electron chi connectivity index (χ3n) is 3.44. The van der Waals surface area contributed by atoms with E-state index in [4.69, 9.17) is 5.11 Å². The molecule has 2 rings (SSSR count). The van der Waals surface area contributed by atoms with E-state index in [0.29, 0.717) is 25.9 Å². The highest BCUT2D eigenvalue weighted by atomic mass is 19.1. The van der Waals surface area contributed by atoms with Gasteiger partial charge >= 0.3 is 5.97 Å². The van der Waals surface area contributed by atoms with Gasteiger partial charge in [-0.25, -0.2) is 4.39 Å². The fourth-order valence-corrected chi connectivity index (χ4v) is 2.19. The Balaban J connectivity index is 1.89. The second-order valence-electron chi connectivity index (χ2n) is 4.82. The van der Waals surface area contributed by atoms with Crippen molar-refractivity contribution in [2.45, 2.75) is 12.8 Å². The number of benzene rings is 1. The van der Waals surface area contributed by atoms with E-state index in [1.807, 2.05) is 0 Å². The quantitative estimate of drug-likeness (QED) is 0.861. The maximum Gasteiger partial charge on any atom is 0.306 e. The van der Waals surface area contributed by atoms with E-state index in [1.54, 1.807) is 23.1 Å². The van der Waals surface area contributed by atoms with Crippen molar-refractivity contribution in [3.8, 4) is 0 Å². The number of piperidine rings is 1. The van der Waals surface area contributed by atoms with Crippen LogP contribution < -0.4 is 0 Å². The summed E-state index contributed by atoms with van der Waals surface area (Å²) >= 11 is 0. The highest BCUT2D eigenvalue weighted by molar-refractivity contribution is 5.91. The molecule has 0 unspecified atom stereocenters. The number of hydrogen-bond acceptors (Lipinski definition) is 2. The lowest BCUT2D eigenvalue weighted by molar-refractivity contribution is -0.144. The minimum absolute atomic E-state index is 0.141. The Labute approximate surface area is 116 Å². The van der Waals surface area contributed by atoms with Crippen LogP contribution >= 0.6 is 0 Å². The monoisotopic (exact) mass is 277 g/mol. The lowest BCUT2D eigenvalue weighted by Crippen LogP contribution is -2.39. The number of hydrogen-bond donors (Lipinski definition) is 1. The van der Waals surface area contributed by atoms with Gasteiger partial charge in [0.05, 0.1) is 5.92 Å². The summed E-state index contributed by atoms with van der Waals surface area (Å²) in [5, 5.41) is 8.89. The van der Waals surface area contributed by atoms with E-state index >= 15 is 0 Å². The van der Waals surface area contributed by atoms with E-state index in [0.717, 1.165) is 5.56 Å². The van der Waals surface area contributed by atoms with Gasteiger partial charge in [0, 0.05) is 19.2 Å². The van der Waals surface area contributed by atoms with Crippen molar-refractivity contribution in [2.24, 2.45) is 5.92 Å². The molecule has 4 nitrogen and oxygen atoms in total. The van der Waals surface area contributed by atoms with Gasteiger partial charge in [-0.2, -0.15) is 0 Å². The van der Waals surface area contributed by atoms with Gasteiger partial charge in [-0.05, 0) is 36.6 Å². The van der Waals surface area contributed by atoms with Gasteiger partial charge in [0.2, 0.25) is 5.91 Å². The van der Waals surface area contributed by atoms with E-state index in [2.05, 4.69) is 0 Å². The first-order valence-electron chi connectivity index (χ1n) is 6.51. The number of carboxylic acids is 1. The summed E-state index contributed by atoms with van der Waals surface area (Å²) in [6, 6.07) is 5.86. The van der Waals surface area contributed by atoms with E-state index < -0.39 is 5.97 Å². The lowest BCUT2D eigenvalue weighted by atomic mass is 9.97. The molecule has 1 aromatic rings. The van der Waals surface area contributed by atoms with Crippen LogP contribution in [0.4, 0.5) is 4.39 Å². The van der Waals surface area contributed by atoms with Gasteiger partial charge in [0.1, 0.15) is 5.82 Å². The number of likely N-dealkylation sites (tertiary alicyclic amines) is 1. The molecule has 0 aliphatic carbocycles. The summed E-state index contributed by atoms with van der Waals surface area (Å²) in [5.41, 5.74) is 0.750. The molecule has 1 aliphatic heterocycles. The fraction of sp³-hybridized carbons (Fsp3) is 0.333. The summed E-state index contributed by atoms with van der Waals surface area (Å²) in [6.07, 6.45) is 4.05. The zero-order chi connectivity index (χ0) is 14.5. The Bertz CT molecular complexity index is 516. The van der Waals surface area contributed by atoms with Crippen LogP contribution in [0.1, 0.15) is 18.4 Å². The molecule has 1 N–H and O–H groups in total. The molecule has 0 radical (unpaired) electrons. The minimum atomic E-state index is -0.793. The molecule has 0 saturated carbocycles. The Morgan fingerprint density at radius 3 is 2.35 bits per heavy atom. The number of carbonyl (C=O) groups is 2. The third kappa shape index (κ3) is 3.66. The van der Waals surface area contributed by atoms with Crippen LogP contribution in [-0.2, 0) is 9.59 Å². The number of amides is 1. The first kappa shape index (κ1) is 14.2. The molecule has 0 atom stereocenters. The van der Waals surface area contributed by atoms with Crippen molar-refractivity contribution in [3.05, 3.63) is 41.7 Å². The Morgan fingerprint density at radius 1 is 1.20 bits per heavy atom. The molecular weight excluding hydrogens is 261 g/mol. The van der Waals surface area contributed by atoms with Crippen LogP contribution in [0.5, 0.6) is 0 Å². The SMILES string of the molecule is O=C(O)C1CCN(C(=O)/C=C\c2ccc(F)cc2)CC1. The first-order chi connectivity index (χ1) is 9.56. The van der Waals surface area contributed by atoms with E-state index in [1.165, 1.54) is 18.2 Å². The molecule has 0 bridgehead atoms. The summed E-state index contributed by atoms with van der Waals surface area (Å²) in [7, 11) is 0. The zero-order valence-electron chi connectivity index (χ0n) is 11.0. The van der Waals surface area contributed by atoms with Gasteiger partial charge in [0.15, 0.2) is 0 Å². The number of carbonyl (C=O) groups excluding carboxylic acids is 1. The standard InChI is InChI=1S/C15H16FNO3/c16-13-4-1-11(2-5-13)3-6-14(18)17-9-7-12(8-10-17)15(19)20/h1-6,12H,7-10H2,(H,19,20)/b6-3-. The van der Waals surface area contributed by atoms with Crippen LogP contribution in [0.15, 0.2) is 30.3 Å². The predicted molar refractivity (Wildman–Crippen MR) is 72.4 cm³/mol. The van der Waals surface area contributed by atoms with Crippen molar-refractivity contribution >= 4 is 18.0 Å². The van der Waals surface area contributed by atoms with Crippen LogP contribution in [0.2, 0.25) is 0 Å². The lowest BCUT2D eigenvalue weighted by Gasteiger charge is -2.29. The van der Waals surface area contributed by atoms with E-state index in [9.17, 15) is 14.0 Å². The molecule has 0 spiro atoms. The topological polar surface area (TPSA) is 57.6 Å². The van der Waals surface area contributed by atoms with Gasteiger partial charge in [-0.3, -0.25) is 9.59 Å². The summed E-state index contributed by atoms with van der Waals surface area (Å²) < 4.78 is 12.7. The van der Waals surface area contributed by atoms with Gasteiger partial charge in [-0.15, -0.1) is 0 Å². The molecule has 1 amide bonds.